The minimum Gasteiger partial charge on any atom is -0.309 e. The molecule has 6 aliphatic rings. The second kappa shape index (κ2) is 20.4. The first-order chi connectivity index (χ1) is 22.1. The van der Waals surface area contributed by atoms with Crippen molar-refractivity contribution in [2.45, 2.75) is 199 Å². The molecule has 0 aromatic rings. The molecule has 3 spiro atoms. The van der Waals surface area contributed by atoms with Crippen LogP contribution in [0.2, 0.25) is 0 Å². The molecule has 0 radical (unpaired) electrons. The van der Waals surface area contributed by atoms with E-state index in [1.54, 1.807) is 0 Å². The zero-order chi connectivity index (χ0) is 33.5. The quantitative estimate of drug-likeness (QED) is 0.256. The largest absolute Gasteiger partial charge is 0.309 e. The molecule has 3 saturated carbocycles. The van der Waals surface area contributed by atoms with Crippen molar-refractivity contribution in [3.63, 3.8) is 0 Å². The monoisotopic (exact) mass is 647 g/mol. The number of rotatable bonds is 6. The second-order valence-corrected chi connectivity index (χ2v) is 17.0. The highest BCUT2D eigenvalue weighted by atomic mass is 15.3. The van der Waals surface area contributed by atoms with E-state index in [1.165, 1.54) is 168 Å². The van der Waals surface area contributed by atoms with Gasteiger partial charge in [0.2, 0.25) is 0 Å². The summed E-state index contributed by atoms with van der Waals surface area (Å²) >= 11 is 0. The molecule has 6 rings (SSSR count). The lowest BCUT2D eigenvalue weighted by Gasteiger charge is -2.50. The highest BCUT2D eigenvalue weighted by Crippen LogP contribution is 2.35. The Hall–Kier alpha value is -0.240. The molecule has 0 amide bonds. The fourth-order valence-corrected chi connectivity index (χ4v) is 8.85. The van der Waals surface area contributed by atoms with Crippen molar-refractivity contribution in [1.82, 2.24) is 30.7 Å². The van der Waals surface area contributed by atoms with E-state index >= 15 is 0 Å². The molecule has 0 aromatic carbocycles. The Morgan fingerprint density at radius 2 is 0.717 bits per heavy atom. The van der Waals surface area contributed by atoms with Crippen LogP contribution in [0.1, 0.15) is 165 Å². The molecular formula is C40H82N6. The third kappa shape index (κ3) is 12.9. The highest BCUT2D eigenvalue weighted by molar-refractivity contribution is 5.01. The van der Waals surface area contributed by atoms with Gasteiger partial charge in [-0.25, -0.2) is 0 Å². The van der Waals surface area contributed by atoms with Gasteiger partial charge in [-0.1, -0.05) is 78.1 Å². The van der Waals surface area contributed by atoms with Crippen molar-refractivity contribution in [2.75, 3.05) is 58.9 Å². The third-order valence-electron chi connectivity index (χ3n) is 12.3. The number of nitrogens with one attached hydrogen (secondary N) is 3. The van der Waals surface area contributed by atoms with Gasteiger partial charge in [0.05, 0.1) is 0 Å². The molecular weight excluding hydrogens is 564 g/mol. The summed E-state index contributed by atoms with van der Waals surface area (Å²) in [7, 11) is 0. The molecule has 0 aromatic heterocycles. The molecule has 0 unspecified atom stereocenters. The van der Waals surface area contributed by atoms with E-state index in [0.717, 1.165) is 12.1 Å². The molecule has 0 bridgehead atoms. The van der Waals surface area contributed by atoms with Crippen LogP contribution in [0.4, 0.5) is 0 Å². The van der Waals surface area contributed by atoms with Crippen molar-refractivity contribution in [2.24, 2.45) is 0 Å². The molecule has 6 fully saturated rings. The maximum absolute atomic E-state index is 3.82. The molecule has 3 saturated heterocycles. The van der Waals surface area contributed by atoms with Gasteiger partial charge in [0, 0.05) is 93.6 Å². The van der Waals surface area contributed by atoms with Gasteiger partial charge in [-0.3, -0.25) is 14.7 Å². The van der Waals surface area contributed by atoms with Crippen molar-refractivity contribution in [1.29, 1.82) is 0 Å². The minimum atomic E-state index is 0.471. The van der Waals surface area contributed by atoms with Gasteiger partial charge in [0.15, 0.2) is 0 Å². The van der Waals surface area contributed by atoms with Gasteiger partial charge >= 0.3 is 0 Å². The molecule has 3 aliphatic carbocycles. The van der Waals surface area contributed by atoms with Crippen LogP contribution in [0, 0.1) is 0 Å². The lowest BCUT2D eigenvalue weighted by atomic mass is 9.75. The fraction of sp³-hybridized carbons (Fsp3) is 1.00. The van der Waals surface area contributed by atoms with E-state index in [4.69, 9.17) is 0 Å². The summed E-state index contributed by atoms with van der Waals surface area (Å²) in [5.41, 5.74) is 1.50. The van der Waals surface area contributed by atoms with Crippen molar-refractivity contribution < 1.29 is 0 Å². The number of nitrogens with zero attached hydrogens (tertiary/aromatic N) is 3. The first-order valence-electron chi connectivity index (χ1n) is 20.5. The average molecular weight is 647 g/mol. The van der Waals surface area contributed by atoms with Crippen LogP contribution in [0.15, 0.2) is 0 Å². The molecule has 272 valence electrons. The summed E-state index contributed by atoms with van der Waals surface area (Å²) in [5.74, 6) is 0. The summed E-state index contributed by atoms with van der Waals surface area (Å²) in [5, 5.41) is 11.2. The minimum absolute atomic E-state index is 0.471. The summed E-state index contributed by atoms with van der Waals surface area (Å²) in [6.07, 6.45) is 24.0. The van der Waals surface area contributed by atoms with Gasteiger partial charge < -0.3 is 16.0 Å². The maximum atomic E-state index is 3.82. The summed E-state index contributed by atoms with van der Waals surface area (Å²) in [6.45, 7) is 29.5. The topological polar surface area (TPSA) is 45.8 Å². The standard InChI is InChI=1S/C13H26N2.C11H22N2.C10H20N2.C6H14/c1-12(2)15-10-9-14-13(11-15)7-5-3-4-6-8-13;1-10(2)13-8-7-12-11(9-13)5-3-4-6-11;1-9(2)12-7-6-11-10(8-12)4-3-5-10;1-3-5-6-4-2/h12,14H,3-11H2,1-2H3;10,12H,3-9H2,1-2H3;9,11H,3-8H2,1-2H3;3-6H2,1-2H3. The van der Waals surface area contributed by atoms with Crippen LogP contribution in [0.25, 0.3) is 0 Å². The predicted octanol–water partition coefficient (Wildman–Crippen LogP) is 7.82. The normalized spacial score (nSPS) is 26.2. The van der Waals surface area contributed by atoms with Crippen molar-refractivity contribution in [3.8, 4) is 0 Å². The van der Waals surface area contributed by atoms with Crippen LogP contribution in [0.3, 0.4) is 0 Å². The van der Waals surface area contributed by atoms with E-state index in [2.05, 4.69) is 86.0 Å². The summed E-state index contributed by atoms with van der Waals surface area (Å²) in [4.78, 5) is 7.89. The van der Waals surface area contributed by atoms with E-state index in [1.807, 2.05) is 0 Å². The van der Waals surface area contributed by atoms with Crippen LogP contribution >= 0.6 is 0 Å². The van der Waals surface area contributed by atoms with Crippen molar-refractivity contribution >= 4 is 0 Å². The van der Waals surface area contributed by atoms with Gasteiger partial charge in [0.25, 0.3) is 0 Å². The molecule has 0 atom stereocenters. The Balaban J connectivity index is 0.000000174. The molecule has 3 aliphatic heterocycles. The maximum Gasteiger partial charge on any atom is 0.0309 e. The third-order valence-corrected chi connectivity index (χ3v) is 12.3. The Bertz CT molecular complexity index is 775. The number of hydrogen-bond donors (Lipinski definition) is 3. The summed E-state index contributed by atoms with van der Waals surface area (Å²) in [6, 6.07) is 2.16. The SMILES string of the molecule is CC(C)N1CCNC2(CCC2)C1.CC(C)N1CCNC2(CCCC2)C1.CC(C)N1CCNC2(CCCCCC2)C1.CCCCCC. The predicted molar refractivity (Wildman–Crippen MR) is 202 cm³/mol. The van der Waals surface area contributed by atoms with Gasteiger partial charge in [-0.15, -0.1) is 0 Å². The smallest absolute Gasteiger partial charge is 0.0309 e. The number of piperazine rings is 3. The van der Waals surface area contributed by atoms with Crippen LogP contribution in [0.5, 0.6) is 0 Å². The lowest BCUT2D eigenvalue weighted by molar-refractivity contribution is 0.0535. The fourth-order valence-electron chi connectivity index (χ4n) is 8.85. The zero-order valence-corrected chi connectivity index (χ0v) is 32.5. The molecule has 6 nitrogen and oxygen atoms in total. The van der Waals surface area contributed by atoms with E-state index in [9.17, 15) is 0 Å². The van der Waals surface area contributed by atoms with Crippen molar-refractivity contribution in [3.05, 3.63) is 0 Å². The number of unbranched alkanes of at least 4 members (excludes halogenated alkanes) is 3. The average Bonchev–Trinajstić information content (AvgIpc) is 3.36. The van der Waals surface area contributed by atoms with Crippen LogP contribution in [-0.4, -0.2) is 108 Å². The Labute approximate surface area is 288 Å². The first kappa shape index (κ1) is 40.2. The first-order valence-corrected chi connectivity index (χ1v) is 20.5. The molecule has 46 heavy (non-hydrogen) atoms. The molecule has 6 heteroatoms. The zero-order valence-electron chi connectivity index (χ0n) is 32.5. The molecule has 3 heterocycles. The Morgan fingerprint density at radius 1 is 0.435 bits per heavy atom. The lowest BCUT2D eigenvalue weighted by Crippen LogP contribution is -2.64. The second-order valence-electron chi connectivity index (χ2n) is 17.0. The van der Waals surface area contributed by atoms with Crippen LogP contribution < -0.4 is 16.0 Å². The van der Waals surface area contributed by atoms with Gasteiger partial charge in [-0.2, -0.15) is 0 Å². The molecule has 3 N–H and O–H groups in total. The van der Waals surface area contributed by atoms with E-state index in [0.29, 0.717) is 22.7 Å². The highest BCUT2D eigenvalue weighted by Gasteiger charge is 2.41. The Kier molecular flexibility index (Phi) is 17.9. The van der Waals surface area contributed by atoms with Crippen LogP contribution in [-0.2, 0) is 0 Å². The van der Waals surface area contributed by atoms with E-state index in [-0.39, 0.29) is 0 Å². The van der Waals surface area contributed by atoms with Gasteiger partial charge in [0.1, 0.15) is 0 Å². The Morgan fingerprint density at radius 3 is 0.957 bits per heavy atom. The van der Waals surface area contributed by atoms with E-state index < -0.39 is 0 Å². The number of hydrogen-bond acceptors (Lipinski definition) is 6. The van der Waals surface area contributed by atoms with Gasteiger partial charge in [-0.05, 0) is 86.5 Å². The summed E-state index contributed by atoms with van der Waals surface area (Å²) < 4.78 is 0.